The molecule has 6 heteroatoms. The molecule has 0 heterocycles. The molecule has 0 aromatic heterocycles. The Morgan fingerprint density at radius 1 is 0.816 bits per heavy atom. The summed E-state index contributed by atoms with van der Waals surface area (Å²) >= 11 is 0. The molecular formula is C43H69NO5. The Morgan fingerprint density at radius 2 is 1.51 bits per heavy atom. The molecule has 6 nitrogen and oxygen atoms in total. The van der Waals surface area contributed by atoms with Crippen molar-refractivity contribution >= 4 is 17.8 Å². The smallest absolute Gasteiger partial charge is 0.306 e. The summed E-state index contributed by atoms with van der Waals surface area (Å²) in [6.45, 7) is 23.1. The van der Waals surface area contributed by atoms with E-state index in [9.17, 15) is 19.5 Å². The lowest BCUT2D eigenvalue weighted by Crippen LogP contribution is -2.67. The van der Waals surface area contributed by atoms with E-state index in [-0.39, 0.29) is 52.0 Å². The van der Waals surface area contributed by atoms with Crippen molar-refractivity contribution in [2.24, 2.45) is 62.1 Å². The SMILES string of the molecule is C=C(C)[C@@H]1CC[C@]2(CC(=O)NC3CCCC3)CC[C@]3(C)[C@H](CC[C@@H]4[C@@]5(C)CC[C@H](OC(=O)CC(C)(C)CC(=O)O)C(C)(C)[C@@H]5CC[C@]43C)[C@@H]12. The van der Waals surface area contributed by atoms with Gasteiger partial charge < -0.3 is 15.2 Å². The molecule has 6 fully saturated rings. The van der Waals surface area contributed by atoms with Gasteiger partial charge in [-0.3, -0.25) is 14.4 Å². The minimum atomic E-state index is -0.878. The maximum atomic E-state index is 13.7. The second-order valence-corrected chi connectivity index (χ2v) is 20.5. The average molecular weight is 680 g/mol. The van der Waals surface area contributed by atoms with Crippen molar-refractivity contribution in [2.75, 3.05) is 0 Å². The molecule has 0 aromatic carbocycles. The van der Waals surface area contributed by atoms with E-state index in [2.05, 4.69) is 53.4 Å². The van der Waals surface area contributed by atoms with Crippen molar-refractivity contribution in [3.63, 3.8) is 0 Å². The van der Waals surface area contributed by atoms with Crippen LogP contribution in [0.15, 0.2) is 12.2 Å². The van der Waals surface area contributed by atoms with Crippen molar-refractivity contribution < 1.29 is 24.2 Å². The van der Waals surface area contributed by atoms with Crippen LogP contribution in [0.1, 0.15) is 165 Å². The molecule has 0 aliphatic heterocycles. The normalized spacial score (nSPS) is 43.0. The first-order valence-corrected chi connectivity index (χ1v) is 20.1. The van der Waals surface area contributed by atoms with E-state index in [1.54, 1.807) is 0 Å². The summed E-state index contributed by atoms with van der Waals surface area (Å²) in [5.74, 6) is 1.93. The van der Waals surface area contributed by atoms with Gasteiger partial charge in [-0.15, -0.1) is 0 Å². The molecule has 6 aliphatic rings. The molecule has 1 amide bonds. The largest absolute Gasteiger partial charge is 0.481 e. The number of carboxylic acids is 1. The molecule has 0 aromatic rings. The van der Waals surface area contributed by atoms with E-state index in [1.165, 1.54) is 56.9 Å². The Hall–Kier alpha value is -1.85. The lowest BCUT2D eigenvalue weighted by atomic mass is 9.32. The van der Waals surface area contributed by atoms with Crippen LogP contribution in [0.2, 0.25) is 0 Å². The molecule has 0 spiro atoms. The van der Waals surface area contributed by atoms with Crippen LogP contribution in [0.25, 0.3) is 0 Å². The zero-order valence-corrected chi connectivity index (χ0v) is 32.3. The summed E-state index contributed by atoms with van der Waals surface area (Å²) in [6.07, 6.45) is 16.9. The summed E-state index contributed by atoms with van der Waals surface area (Å²) in [4.78, 5) is 38.3. The third kappa shape index (κ3) is 6.13. The Labute approximate surface area is 297 Å². The fourth-order valence-electron chi connectivity index (χ4n) is 14.5. The van der Waals surface area contributed by atoms with Crippen molar-refractivity contribution in [3.05, 3.63) is 12.2 Å². The molecule has 49 heavy (non-hydrogen) atoms. The van der Waals surface area contributed by atoms with Crippen molar-refractivity contribution in [1.29, 1.82) is 0 Å². The van der Waals surface area contributed by atoms with Gasteiger partial charge in [-0.25, -0.2) is 0 Å². The number of ether oxygens (including phenoxy) is 1. The number of amides is 1. The molecular weight excluding hydrogens is 610 g/mol. The predicted molar refractivity (Wildman–Crippen MR) is 195 cm³/mol. The Bertz CT molecular complexity index is 1330. The minimum absolute atomic E-state index is 0.0420. The number of aliphatic carboxylic acids is 1. The first-order valence-electron chi connectivity index (χ1n) is 20.1. The molecule has 6 aliphatic carbocycles. The number of hydrogen-bond acceptors (Lipinski definition) is 4. The van der Waals surface area contributed by atoms with Gasteiger partial charge in [0.2, 0.25) is 5.91 Å². The number of hydrogen-bond donors (Lipinski definition) is 2. The fraction of sp³-hybridized carbons (Fsp3) is 0.884. The Kier molecular flexibility index (Phi) is 9.55. The molecule has 0 bridgehead atoms. The molecule has 10 atom stereocenters. The summed E-state index contributed by atoms with van der Waals surface area (Å²) in [7, 11) is 0. The number of carboxylic acid groups (broad SMARTS) is 1. The van der Waals surface area contributed by atoms with Gasteiger partial charge in [-0.1, -0.05) is 73.5 Å². The van der Waals surface area contributed by atoms with Crippen LogP contribution >= 0.6 is 0 Å². The van der Waals surface area contributed by atoms with Crippen LogP contribution in [0.5, 0.6) is 0 Å². The number of allylic oxidation sites excluding steroid dienone is 1. The average Bonchev–Trinajstić information content (AvgIpc) is 3.62. The predicted octanol–water partition coefficient (Wildman–Crippen LogP) is 9.90. The molecule has 0 saturated heterocycles. The van der Waals surface area contributed by atoms with Gasteiger partial charge in [0.05, 0.1) is 12.8 Å². The van der Waals surface area contributed by atoms with Gasteiger partial charge in [-0.05, 0) is 141 Å². The number of nitrogens with one attached hydrogen (secondary N) is 1. The van der Waals surface area contributed by atoms with Gasteiger partial charge in [0, 0.05) is 17.9 Å². The quantitative estimate of drug-likeness (QED) is 0.187. The molecule has 2 N–H and O–H groups in total. The minimum Gasteiger partial charge on any atom is -0.481 e. The maximum absolute atomic E-state index is 13.7. The topological polar surface area (TPSA) is 92.7 Å². The highest BCUT2D eigenvalue weighted by Gasteiger charge is 2.71. The zero-order chi connectivity index (χ0) is 35.8. The first kappa shape index (κ1) is 36.9. The molecule has 0 radical (unpaired) electrons. The summed E-state index contributed by atoms with van der Waals surface area (Å²) in [5, 5.41) is 12.8. The highest BCUT2D eigenvalue weighted by Crippen LogP contribution is 2.78. The van der Waals surface area contributed by atoms with E-state index >= 15 is 0 Å². The van der Waals surface area contributed by atoms with Crippen molar-refractivity contribution in [2.45, 2.75) is 177 Å². The Balaban J connectivity index is 1.22. The lowest BCUT2D eigenvalue weighted by molar-refractivity contribution is -0.250. The lowest BCUT2D eigenvalue weighted by Gasteiger charge is -2.73. The van der Waals surface area contributed by atoms with E-state index in [4.69, 9.17) is 4.74 Å². The van der Waals surface area contributed by atoms with Gasteiger partial charge in [0.25, 0.3) is 0 Å². The molecule has 276 valence electrons. The second-order valence-electron chi connectivity index (χ2n) is 20.5. The van der Waals surface area contributed by atoms with Gasteiger partial charge in [0.1, 0.15) is 6.10 Å². The number of rotatable bonds is 9. The molecule has 6 saturated carbocycles. The van der Waals surface area contributed by atoms with Crippen molar-refractivity contribution in [1.82, 2.24) is 5.32 Å². The third-order valence-electron chi connectivity index (χ3n) is 16.9. The zero-order valence-electron chi connectivity index (χ0n) is 32.3. The summed E-state index contributed by atoms with van der Waals surface area (Å²) in [5.41, 5.74) is 1.28. The monoisotopic (exact) mass is 680 g/mol. The number of carbonyl (C=O) groups excluding carboxylic acids is 2. The van der Waals surface area contributed by atoms with Crippen LogP contribution in [0.3, 0.4) is 0 Å². The highest BCUT2D eigenvalue weighted by atomic mass is 16.5. The van der Waals surface area contributed by atoms with Crippen LogP contribution in [0, 0.1) is 62.1 Å². The van der Waals surface area contributed by atoms with Crippen LogP contribution in [0.4, 0.5) is 0 Å². The van der Waals surface area contributed by atoms with Gasteiger partial charge in [-0.2, -0.15) is 0 Å². The number of fused-ring (bicyclic) bond motifs is 7. The second kappa shape index (κ2) is 12.7. The summed E-state index contributed by atoms with van der Waals surface area (Å²) < 4.78 is 6.28. The van der Waals surface area contributed by atoms with Crippen LogP contribution in [-0.4, -0.2) is 35.1 Å². The number of esters is 1. The maximum Gasteiger partial charge on any atom is 0.306 e. The number of carbonyl (C=O) groups is 3. The van der Waals surface area contributed by atoms with Gasteiger partial charge in [0.15, 0.2) is 0 Å². The summed E-state index contributed by atoms with van der Waals surface area (Å²) in [6, 6.07) is 0.381. The standard InChI is InChI=1S/C43H69NO5/c1-27(2)29-16-21-43(24-34(45)44-28-12-10-11-13-28)23-22-41(8)30(37(29)43)14-15-32-40(7)19-18-33(39(5,6)31(40)17-20-42(32,41)9)49-36(48)26-38(3,4)25-35(46)47/h28-33,37H,1,10-26H2,2-9H3,(H,44,45)(H,46,47)/t29-,30+,31-,32+,33-,37+,40-,41+,42+,43+/m0/s1. The molecule has 6 rings (SSSR count). The third-order valence-corrected chi connectivity index (χ3v) is 16.9. The molecule has 0 unspecified atom stereocenters. The van der Waals surface area contributed by atoms with Gasteiger partial charge >= 0.3 is 11.9 Å². The Morgan fingerprint density at radius 3 is 2.16 bits per heavy atom. The van der Waals surface area contributed by atoms with Crippen LogP contribution < -0.4 is 5.32 Å². The first-order chi connectivity index (χ1) is 22.8. The van der Waals surface area contributed by atoms with E-state index in [0.717, 1.165) is 38.5 Å². The van der Waals surface area contributed by atoms with Crippen molar-refractivity contribution in [3.8, 4) is 0 Å². The highest BCUT2D eigenvalue weighted by molar-refractivity contribution is 5.77. The van der Waals surface area contributed by atoms with E-state index in [1.807, 2.05) is 13.8 Å². The van der Waals surface area contributed by atoms with E-state index < -0.39 is 11.4 Å². The van der Waals surface area contributed by atoms with Crippen LogP contribution in [-0.2, 0) is 19.1 Å². The van der Waals surface area contributed by atoms with E-state index in [0.29, 0.717) is 48.0 Å². The fourth-order valence-corrected chi connectivity index (χ4v) is 14.5.